The highest BCUT2D eigenvalue weighted by atomic mass is 19.4. The molecule has 1 atom stereocenters. The Labute approximate surface area is 109 Å². The summed E-state index contributed by atoms with van der Waals surface area (Å²) < 4.78 is 40.4. The molecule has 106 valence electrons. The van der Waals surface area contributed by atoms with Crippen LogP contribution < -0.4 is 16.0 Å². The van der Waals surface area contributed by atoms with Gasteiger partial charge in [0.05, 0.1) is 0 Å². The average molecular weight is 274 g/mol. The molecule has 6 heteroatoms. The van der Waals surface area contributed by atoms with Crippen molar-refractivity contribution in [1.82, 2.24) is 5.43 Å². The summed E-state index contributed by atoms with van der Waals surface area (Å²) in [6, 6.07) is 5.83. The lowest BCUT2D eigenvalue weighted by atomic mass is 9.80. The van der Waals surface area contributed by atoms with E-state index in [4.69, 9.17) is 5.84 Å². The maximum atomic E-state index is 12.2. The van der Waals surface area contributed by atoms with Crippen molar-refractivity contribution < 1.29 is 17.9 Å². The molecule has 19 heavy (non-hydrogen) atoms. The minimum Gasteiger partial charge on any atom is -0.406 e. The van der Waals surface area contributed by atoms with E-state index in [0.717, 1.165) is 24.8 Å². The summed E-state index contributed by atoms with van der Waals surface area (Å²) in [6.45, 7) is 0. The minimum atomic E-state index is -4.67. The van der Waals surface area contributed by atoms with Crippen LogP contribution in [0.5, 0.6) is 5.75 Å². The van der Waals surface area contributed by atoms with Gasteiger partial charge in [0.2, 0.25) is 0 Å². The summed E-state index contributed by atoms with van der Waals surface area (Å²) >= 11 is 0. The first-order valence-corrected chi connectivity index (χ1v) is 6.30. The van der Waals surface area contributed by atoms with E-state index < -0.39 is 6.36 Å². The van der Waals surface area contributed by atoms with Crippen LogP contribution >= 0.6 is 0 Å². The third-order valence-corrected chi connectivity index (χ3v) is 3.49. The quantitative estimate of drug-likeness (QED) is 0.640. The Balaban J connectivity index is 2.06. The van der Waals surface area contributed by atoms with E-state index in [2.05, 4.69) is 10.2 Å². The van der Waals surface area contributed by atoms with Crippen molar-refractivity contribution in [2.75, 3.05) is 0 Å². The van der Waals surface area contributed by atoms with Crippen molar-refractivity contribution in [3.05, 3.63) is 29.8 Å². The molecule has 1 aliphatic carbocycles. The number of nitrogens with one attached hydrogen (secondary N) is 1. The van der Waals surface area contributed by atoms with Crippen LogP contribution in [0.25, 0.3) is 0 Å². The van der Waals surface area contributed by atoms with Gasteiger partial charge in [-0.05, 0) is 30.0 Å². The molecule has 0 spiro atoms. The number of ether oxygens (including phenoxy) is 1. The fourth-order valence-corrected chi connectivity index (χ4v) is 2.29. The molecule has 1 unspecified atom stereocenters. The van der Waals surface area contributed by atoms with Crippen molar-refractivity contribution in [3.8, 4) is 5.75 Å². The highest BCUT2D eigenvalue weighted by Crippen LogP contribution is 2.35. The van der Waals surface area contributed by atoms with Gasteiger partial charge in [0, 0.05) is 6.04 Å². The van der Waals surface area contributed by atoms with Gasteiger partial charge in [0.15, 0.2) is 0 Å². The summed E-state index contributed by atoms with van der Waals surface area (Å²) in [5.74, 6) is 5.89. The molecule has 0 saturated heterocycles. The van der Waals surface area contributed by atoms with Crippen LogP contribution in [-0.4, -0.2) is 6.36 Å². The van der Waals surface area contributed by atoms with Crippen LogP contribution in [0.4, 0.5) is 13.2 Å². The maximum Gasteiger partial charge on any atom is 0.573 e. The molecule has 0 bridgehead atoms. The average Bonchev–Trinajstić information content (AvgIpc) is 2.26. The number of hydrogen-bond donors (Lipinski definition) is 2. The van der Waals surface area contributed by atoms with Crippen molar-refractivity contribution in [3.63, 3.8) is 0 Å². The molecule has 1 fully saturated rings. The first-order chi connectivity index (χ1) is 8.98. The zero-order chi connectivity index (χ0) is 13.9. The van der Waals surface area contributed by atoms with Crippen LogP contribution in [-0.2, 0) is 0 Å². The summed E-state index contributed by atoms with van der Waals surface area (Å²) in [5.41, 5.74) is 3.39. The number of benzene rings is 1. The normalized spacial score (nSPS) is 17.9. The molecule has 0 heterocycles. The van der Waals surface area contributed by atoms with Crippen LogP contribution in [0.2, 0.25) is 0 Å². The van der Waals surface area contributed by atoms with Gasteiger partial charge in [-0.3, -0.25) is 11.3 Å². The third kappa shape index (κ3) is 4.11. The van der Waals surface area contributed by atoms with E-state index in [9.17, 15) is 13.2 Å². The van der Waals surface area contributed by atoms with Crippen molar-refractivity contribution in [1.29, 1.82) is 0 Å². The Kier molecular flexibility index (Phi) is 4.31. The van der Waals surface area contributed by atoms with E-state index in [-0.39, 0.29) is 11.8 Å². The van der Waals surface area contributed by atoms with Crippen molar-refractivity contribution in [2.45, 2.75) is 38.1 Å². The SMILES string of the molecule is NNC(CC1CCC1)c1cccc(OC(F)(F)F)c1. The van der Waals surface area contributed by atoms with Gasteiger partial charge in [0.1, 0.15) is 5.75 Å². The van der Waals surface area contributed by atoms with Gasteiger partial charge in [-0.15, -0.1) is 13.2 Å². The van der Waals surface area contributed by atoms with Gasteiger partial charge in [-0.1, -0.05) is 31.4 Å². The number of nitrogens with two attached hydrogens (primary N) is 1. The predicted molar refractivity (Wildman–Crippen MR) is 65.1 cm³/mol. The van der Waals surface area contributed by atoms with Gasteiger partial charge in [0.25, 0.3) is 0 Å². The largest absolute Gasteiger partial charge is 0.573 e. The third-order valence-electron chi connectivity index (χ3n) is 3.49. The monoisotopic (exact) mass is 274 g/mol. The second-order valence-electron chi connectivity index (χ2n) is 4.87. The summed E-state index contributed by atoms with van der Waals surface area (Å²) in [4.78, 5) is 0. The Bertz CT molecular complexity index is 419. The molecule has 0 amide bonds. The standard InChI is InChI=1S/C13H17F3N2O/c14-13(15,16)19-11-6-2-5-10(8-11)12(18-17)7-9-3-1-4-9/h2,5-6,8-9,12,18H,1,3-4,7,17H2. The number of alkyl halides is 3. The Morgan fingerprint density at radius 3 is 2.63 bits per heavy atom. The molecular weight excluding hydrogens is 257 g/mol. The minimum absolute atomic E-state index is 0.137. The zero-order valence-electron chi connectivity index (χ0n) is 10.4. The van der Waals surface area contributed by atoms with Crippen LogP contribution in [0.1, 0.15) is 37.3 Å². The lowest BCUT2D eigenvalue weighted by Gasteiger charge is -2.29. The fraction of sp³-hybridized carbons (Fsp3) is 0.538. The Morgan fingerprint density at radius 2 is 2.11 bits per heavy atom. The molecule has 2 rings (SSSR count). The van der Waals surface area contributed by atoms with Crippen molar-refractivity contribution in [2.24, 2.45) is 11.8 Å². The van der Waals surface area contributed by atoms with E-state index in [1.165, 1.54) is 18.6 Å². The van der Waals surface area contributed by atoms with E-state index in [0.29, 0.717) is 5.92 Å². The predicted octanol–water partition coefficient (Wildman–Crippen LogP) is 3.28. The smallest absolute Gasteiger partial charge is 0.406 e. The highest BCUT2D eigenvalue weighted by molar-refractivity contribution is 5.30. The summed E-state index contributed by atoms with van der Waals surface area (Å²) in [5, 5.41) is 0. The Morgan fingerprint density at radius 1 is 1.37 bits per heavy atom. The number of hydrogen-bond acceptors (Lipinski definition) is 3. The second kappa shape index (κ2) is 5.79. The van der Waals surface area contributed by atoms with Crippen LogP contribution in [0.3, 0.4) is 0 Å². The molecule has 0 radical (unpaired) electrons. The second-order valence-corrected chi connectivity index (χ2v) is 4.87. The number of rotatable bonds is 5. The molecule has 0 aromatic heterocycles. The Hall–Kier alpha value is -1.27. The first kappa shape index (κ1) is 14.1. The molecule has 3 nitrogen and oxygen atoms in total. The maximum absolute atomic E-state index is 12.2. The van der Waals surface area contributed by atoms with E-state index in [1.807, 2.05) is 0 Å². The number of halogens is 3. The van der Waals surface area contributed by atoms with E-state index >= 15 is 0 Å². The van der Waals surface area contributed by atoms with Gasteiger partial charge >= 0.3 is 6.36 Å². The molecule has 1 saturated carbocycles. The zero-order valence-corrected chi connectivity index (χ0v) is 10.4. The fourth-order valence-electron chi connectivity index (χ4n) is 2.29. The lowest BCUT2D eigenvalue weighted by molar-refractivity contribution is -0.274. The summed E-state index contributed by atoms with van der Waals surface area (Å²) in [6.07, 6.45) is -0.281. The molecular formula is C13H17F3N2O. The first-order valence-electron chi connectivity index (χ1n) is 6.30. The lowest BCUT2D eigenvalue weighted by Crippen LogP contribution is -2.31. The van der Waals surface area contributed by atoms with Crippen LogP contribution in [0, 0.1) is 5.92 Å². The molecule has 1 aromatic rings. The van der Waals surface area contributed by atoms with Crippen molar-refractivity contribution >= 4 is 0 Å². The molecule has 1 aromatic carbocycles. The molecule has 0 aliphatic heterocycles. The van der Waals surface area contributed by atoms with Crippen LogP contribution in [0.15, 0.2) is 24.3 Å². The number of hydrazine groups is 1. The topological polar surface area (TPSA) is 47.3 Å². The van der Waals surface area contributed by atoms with Gasteiger partial charge < -0.3 is 4.74 Å². The summed E-state index contributed by atoms with van der Waals surface area (Å²) in [7, 11) is 0. The highest BCUT2D eigenvalue weighted by Gasteiger charge is 2.31. The molecule has 3 N–H and O–H groups in total. The van der Waals surface area contributed by atoms with E-state index in [1.54, 1.807) is 12.1 Å². The van der Waals surface area contributed by atoms with Gasteiger partial charge in [-0.2, -0.15) is 0 Å². The van der Waals surface area contributed by atoms with Gasteiger partial charge in [-0.25, -0.2) is 0 Å². The molecule has 1 aliphatic rings.